The molecule has 2 aromatic rings. The molecule has 0 bridgehead atoms. The molecule has 2 amide bonds. The Balaban J connectivity index is 1.98. The van der Waals surface area contributed by atoms with Crippen molar-refractivity contribution in [1.29, 1.82) is 0 Å². The van der Waals surface area contributed by atoms with Gasteiger partial charge in [0, 0.05) is 18.1 Å². The lowest BCUT2D eigenvalue weighted by Gasteiger charge is -2.35. The Morgan fingerprint density at radius 3 is 2.57 bits per heavy atom. The maximum Gasteiger partial charge on any atom is 0.256 e. The Labute approximate surface area is 144 Å². The number of carbonyl (C=O) groups excluding carboxylic acids is 2. The summed E-state index contributed by atoms with van der Waals surface area (Å²) in [7, 11) is 0. The number of amides is 2. The molecule has 1 heterocycles. The molecule has 0 spiro atoms. The van der Waals surface area contributed by atoms with E-state index in [0.29, 0.717) is 23.7 Å². The zero-order valence-corrected chi connectivity index (χ0v) is 13.6. The summed E-state index contributed by atoms with van der Waals surface area (Å²) in [5.74, 6) is -0.476. The van der Waals surface area contributed by atoms with Crippen LogP contribution in [0.5, 0.6) is 0 Å². The van der Waals surface area contributed by atoms with Gasteiger partial charge in [0.25, 0.3) is 5.91 Å². The van der Waals surface area contributed by atoms with Crippen LogP contribution in [0.1, 0.15) is 22.0 Å². The number of nitrogens with one attached hydrogen (secondary N) is 1. The van der Waals surface area contributed by atoms with Crippen molar-refractivity contribution in [2.45, 2.75) is 6.04 Å². The molecule has 0 aliphatic carbocycles. The predicted octanol–water partition coefficient (Wildman–Crippen LogP) is 3.31. The Kier molecular flexibility index (Phi) is 4.55. The SMILES string of the molecule is O=C1NCCN(C(=O)c2ccc(Cl)cc2Cl)C1c1ccccc1. The summed E-state index contributed by atoms with van der Waals surface area (Å²) < 4.78 is 0. The van der Waals surface area contributed by atoms with Crippen molar-refractivity contribution in [2.75, 3.05) is 13.1 Å². The van der Waals surface area contributed by atoms with Gasteiger partial charge >= 0.3 is 0 Å². The molecular weight excluding hydrogens is 335 g/mol. The van der Waals surface area contributed by atoms with Gasteiger partial charge in [-0.15, -0.1) is 0 Å². The van der Waals surface area contributed by atoms with Crippen LogP contribution < -0.4 is 5.32 Å². The summed E-state index contributed by atoms with van der Waals surface area (Å²) in [6.45, 7) is 0.836. The lowest BCUT2D eigenvalue weighted by atomic mass is 10.0. The predicted molar refractivity (Wildman–Crippen MR) is 89.7 cm³/mol. The van der Waals surface area contributed by atoms with Gasteiger partial charge in [0.05, 0.1) is 10.6 Å². The number of rotatable bonds is 2. The summed E-state index contributed by atoms with van der Waals surface area (Å²) in [6.07, 6.45) is 0. The van der Waals surface area contributed by atoms with Crippen molar-refractivity contribution >= 4 is 35.0 Å². The third-order valence-electron chi connectivity index (χ3n) is 3.75. The average Bonchev–Trinajstić information content (AvgIpc) is 2.55. The Morgan fingerprint density at radius 2 is 1.87 bits per heavy atom. The fourth-order valence-electron chi connectivity index (χ4n) is 2.67. The molecule has 4 nitrogen and oxygen atoms in total. The Morgan fingerprint density at radius 1 is 1.13 bits per heavy atom. The molecule has 118 valence electrons. The summed E-state index contributed by atoms with van der Waals surface area (Å²) in [5.41, 5.74) is 1.11. The van der Waals surface area contributed by atoms with Gasteiger partial charge in [0.1, 0.15) is 6.04 Å². The van der Waals surface area contributed by atoms with Crippen molar-refractivity contribution in [3.05, 3.63) is 69.7 Å². The maximum atomic E-state index is 12.9. The van der Waals surface area contributed by atoms with E-state index < -0.39 is 6.04 Å². The van der Waals surface area contributed by atoms with Crippen LogP contribution in [0.2, 0.25) is 10.0 Å². The van der Waals surface area contributed by atoms with Crippen LogP contribution in [0.3, 0.4) is 0 Å². The second-order valence-electron chi connectivity index (χ2n) is 5.23. The van der Waals surface area contributed by atoms with E-state index in [9.17, 15) is 9.59 Å². The quantitative estimate of drug-likeness (QED) is 0.904. The van der Waals surface area contributed by atoms with E-state index in [4.69, 9.17) is 23.2 Å². The molecule has 0 saturated carbocycles. The fraction of sp³-hybridized carbons (Fsp3) is 0.176. The lowest BCUT2D eigenvalue weighted by Crippen LogP contribution is -2.52. The highest BCUT2D eigenvalue weighted by Crippen LogP contribution is 2.28. The number of benzene rings is 2. The molecule has 1 aliphatic heterocycles. The summed E-state index contributed by atoms with van der Waals surface area (Å²) in [6, 6.07) is 13.3. The standard InChI is InChI=1S/C17H14Cl2N2O2/c18-12-6-7-13(14(19)10-12)17(23)21-9-8-20-16(22)15(21)11-4-2-1-3-5-11/h1-7,10,15H,8-9H2,(H,20,22). The molecule has 2 aromatic carbocycles. The van der Waals surface area contributed by atoms with Crippen LogP contribution in [0, 0.1) is 0 Å². The van der Waals surface area contributed by atoms with Crippen molar-refractivity contribution in [3.63, 3.8) is 0 Å². The van der Waals surface area contributed by atoms with Gasteiger partial charge < -0.3 is 10.2 Å². The first-order valence-corrected chi connectivity index (χ1v) is 7.92. The molecule has 1 fully saturated rings. The molecule has 0 aromatic heterocycles. The third kappa shape index (κ3) is 3.19. The second-order valence-corrected chi connectivity index (χ2v) is 6.07. The molecule has 0 radical (unpaired) electrons. The number of nitrogens with zero attached hydrogens (tertiary/aromatic N) is 1. The van der Waals surface area contributed by atoms with E-state index >= 15 is 0 Å². The van der Waals surface area contributed by atoms with Crippen molar-refractivity contribution in [1.82, 2.24) is 10.2 Å². The third-order valence-corrected chi connectivity index (χ3v) is 4.30. The van der Waals surface area contributed by atoms with Gasteiger partial charge in [-0.2, -0.15) is 0 Å². The average molecular weight is 349 g/mol. The molecule has 1 saturated heterocycles. The van der Waals surface area contributed by atoms with Crippen LogP contribution in [0.4, 0.5) is 0 Å². The number of halogens is 2. The zero-order chi connectivity index (χ0) is 16.4. The first-order valence-electron chi connectivity index (χ1n) is 7.16. The zero-order valence-electron chi connectivity index (χ0n) is 12.1. The van der Waals surface area contributed by atoms with Crippen LogP contribution in [-0.4, -0.2) is 29.8 Å². The molecule has 23 heavy (non-hydrogen) atoms. The van der Waals surface area contributed by atoms with Crippen LogP contribution in [-0.2, 0) is 4.79 Å². The molecule has 1 atom stereocenters. The molecule has 1 aliphatic rings. The van der Waals surface area contributed by atoms with Gasteiger partial charge in [-0.25, -0.2) is 0 Å². The number of carbonyl (C=O) groups is 2. The van der Waals surface area contributed by atoms with Crippen molar-refractivity contribution < 1.29 is 9.59 Å². The van der Waals surface area contributed by atoms with Crippen LogP contribution in [0.15, 0.2) is 48.5 Å². The highest BCUT2D eigenvalue weighted by Gasteiger charge is 2.35. The highest BCUT2D eigenvalue weighted by atomic mass is 35.5. The van der Waals surface area contributed by atoms with Crippen molar-refractivity contribution in [3.8, 4) is 0 Å². The molecule has 1 N–H and O–H groups in total. The van der Waals surface area contributed by atoms with E-state index in [1.165, 1.54) is 6.07 Å². The largest absolute Gasteiger partial charge is 0.352 e. The summed E-state index contributed by atoms with van der Waals surface area (Å²) in [4.78, 5) is 26.7. The van der Waals surface area contributed by atoms with Gasteiger partial charge in [-0.1, -0.05) is 53.5 Å². The van der Waals surface area contributed by atoms with Crippen LogP contribution in [0.25, 0.3) is 0 Å². The van der Waals surface area contributed by atoms with E-state index in [1.807, 2.05) is 30.3 Å². The van der Waals surface area contributed by atoms with E-state index in [-0.39, 0.29) is 16.8 Å². The fourth-order valence-corrected chi connectivity index (χ4v) is 3.16. The minimum atomic E-state index is -0.663. The number of hydrogen-bond donors (Lipinski definition) is 1. The van der Waals surface area contributed by atoms with E-state index in [2.05, 4.69) is 5.32 Å². The minimum Gasteiger partial charge on any atom is -0.352 e. The first kappa shape index (κ1) is 15.8. The second kappa shape index (κ2) is 6.60. The summed E-state index contributed by atoms with van der Waals surface area (Å²) >= 11 is 12.0. The lowest BCUT2D eigenvalue weighted by molar-refractivity contribution is -0.128. The highest BCUT2D eigenvalue weighted by molar-refractivity contribution is 6.36. The molecule has 1 unspecified atom stereocenters. The minimum absolute atomic E-state index is 0.194. The van der Waals surface area contributed by atoms with E-state index in [1.54, 1.807) is 17.0 Å². The Hall–Kier alpha value is -2.04. The topological polar surface area (TPSA) is 49.4 Å². The van der Waals surface area contributed by atoms with Gasteiger partial charge in [0.2, 0.25) is 5.91 Å². The van der Waals surface area contributed by atoms with Gasteiger partial charge in [-0.3, -0.25) is 9.59 Å². The van der Waals surface area contributed by atoms with Crippen molar-refractivity contribution in [2.24, 2.45) is 0 Å². The van der Waals surface area contributed by atoms with E-state index in [0.717, 1.165) is 5.56 Å². The normalized spacial score (nSPS) is 17.7. The van der Waals surface area contributed by atoms with Gasteiger partial charge in [-0.05, 0) is 23.8 Å². The van der Waals surface area contributed by atoms with Gasteiger partial charge in [0.15, 0.2) is 0 Å². The summed E-state index contributed by atoms with van der Waals surface area (Å²) in [5, 5.41) is 3.54. The van der Waals surface area contributed by atoms with Crippen LogP contribution >= 0.6 is 23.2 Å². The molecular formula is C17H14Cl2N2O2. The number of piperazine rings is 1. The smallest absolute Gasteiger partial charge is 0.256 e. The maximum absolute atomic E-state index is 12.9. The monoisotopic (exact) mass is 348 g/mol. The number of hydrogen-bond acceptors (Lipinski definition) is 2. The molecule has 6 heteroatoms. The Bertz CT molecular complexity index is 750. The first-order chi connectivity index (χ1) is 11.1. The molecule has 3 rings (SSSR count).